The molecule has 1 aliphatic rings. The Morgan fingerprint density at radius 3 is 2.53 bits per heavy atom. The number of aromatic nitrogens is 1. The third-order valence-corrected chi connectivity index (χ3v) is 3.50. The highest BCUT2D eigenvalue weighted by molar-refractivity contribution is 6.24. The first-order valence-corrected chi connectivity index (χ1v) is 6.63. The Kier molecular flexibility index (Phi) is 3.22. The molecule has 0 saturated carbocycles. The van der Waals surface area contributed by atoms with Crippen LogP contribution in [0.15, 0.2) is 48.7 Å². The Morgan fingerprint density at radius 2 is 1.95 bits per heavy atom. The van der Waals surface area contributed by atoms with E-state index < -0.39 is 0 Å². The first-order valence-electron chi connectivity index (χ1n) is 6.20. The Balaban J connectivity index is 1.86. The van der Waals surface area contributed by atoms with Crippen LogP contribution in [0, 0.1) is 0 Å². The van der Waals surface area contributed by atoms with Crippen molar-refractivity contribution in [3.05, 3.63) is 48.7 Å². The van der Waals surface area contributed by atoms with Crippen molar-refractivity contribution < 1.29 is 4.79 Å². The summed E-state index contributed by atoms with van der Waals surface area (Å²) >= 11 is 6.00. The van der Waals surface area contributed by atoms with Gasteiger partial charge in [-0.1, -0.05) is 30.3 Å². The predicted molar refractivity (Wildman–Crippen MR) is 76.3 cm³/mol. The van der Waals surface area contributed by atoms with Crippen molar-refractivity contribution in [3.8, 4) is 11.3 Å². The zero-order chi connectivity index (χ0) is 13.2. The minimum atomic E-state index is -0.0960. The Hall–Kier alpha value is -1.87. The molecule has 4 heteroatoms. The number of hydrogen-bond acceptors (Lipinski definition) is 2. The fourth-order valence-corrected chi connectivity index (χ4v) is 2.51. The minimum Gasteiger partial charge on any atom is -0.309 e. The van der Waals surface area contributed by atoms with E-state index in [-0.39, 0.29) is 11.3 Å². The Morgan fingerprint density at radius 1 is 1.16 bits per heavy atom. The molecule has 3 rings (SSSR count). The highest BCUT2D eigenvalue weighted by atomic mass is 35.5. The molecule has 1 atom stereocenters. The van der Waals surface area contributed by atoms with E-state index in [1.54, 1.807) is 11.1 Å². The molecule has 1 amide bonds. The van der Waals surface area contributed by atoms with Crippen LogP contribution in [0.5, 0.6) is 0 Å². The number of halogens is 1. The van der Waals surface area contributed by atoms with E-state index in [2.05, 4.69) is 4.98 Å². The smallest absolute Gasteiger partial charge is 0.228 e. The maximum atomic E-state index is 11.8. The molecule has 0 N–H and O–H groups in total. The summed E-state index contributed by atoms with van der Waals surface area (Å²) in [5.74, 6) is 0.0641. The molecule has 0 aliphatic carbocycles. The summed E-state index contributed by atoms with van der Waals surface area (Å²) in [6.07, 6.45) is 2.14. The van der Waals surface area contributed by atoms with Crippen LogP contribution < -0.4 is 4.90 Å². The van der Waals surface area contributed by atoms with Crippen molar-refractivity contribution in [1.29, 1.82) is 0 Å². The van der Waals surface area contributed by atoms with Gasteiger partial charge in [-0.25, -0.2) is 0 Å². The van der Waals surface area contributed by atoms with E-state index in [0.717, 1.165) is 16.9 Å². The molecule has 0 bridgehead atoms. The Labute approximate surface area is 116 Å². The molecule has 1 aliphatic heterocycles. The molecular weight excluding hydrogens is 260 g/mol. The van der Waals surface area contributed by atoms with Crippen LogP contribution >= 0.6 is 11.6 Å². The first kappa shape index (κ1) is 12.2. The van der Waals surface area contributed by atoms with Gasteiger partial charge in [-0.15, -0.1) is 11.6 Å². The van der Waals surface area contributed by atoms with Gasteiger partial charge in [0.2, 0.25) is 5.91 Å². The molecule has 1 unspecified atom stereocenters. The molecule has 0 spiro atoms. The van der Waals surface area contributed by atoms with Gasteiger partial charge in [0.25, 0.3) is 0 Å². The highest BCUT2D eigenvalue weighted by Crippen LogP contribution is 2.25. The van der Waals surface area contributed by atoms with Gasteiger partial charge in [-0.3, -0.25) is 9.78 Å². The normalized spacial score (nSPS) is 18.9. The van der Waals surface area contributed by atoms with Crippen molar-refractivity contribution >= 4 is 23.2 Å². The number of benzene rings is 1. The van der Waals surface area contributed by atoms with Gasteiger partial charge >= 0.3 is 0 Å². The summed E-state index contributed by atoms with van der Waals surface area (Å²) in [7, 11) is 0. The van der Waals surface area contributed by atoms with Crippen LogP contribution in [-0.2, 0) is 4.79 Å². The van der Waals surface area contributed by atoms with Gasteiger partial charge in [0.1, 0.15) is 0 Å². The third-order valence-electron chi connectivity index (χ3n) is 3.21. The van der Waals surface area contributed by atoms with Gasteiger partial charge in [0.05, 0.1) is 23.0 Å². The van der Waals surface area contributed by atoms with E-state index in [1.165, 1.54) is 0 Å². The molecule has 2 heterocycles. The minimum absolute atomic E-state index is 0.0641. The molecule has 1 aromatic carbocycles. The zero-order valence-electron chi connectivity index (χ0n) is 10.3. The van der Waals surface area contributed by atoms with E-state index >= 15 is 0 Å². The first-order chi connectivity index (χ1) is 9.24. The quantitative estimate of drug-likeness (QED) is 0.787. The molecule has 96 valence electrons. The summed E-state index contributed by atoms with van der Waals surface area (Å²) in [6, 6.07) is 13.8. The van der Waals surface area contributed by atoms with Gasteiger partial charge in [0.15, 0.2) is 0 Å². The second-order valence-electron chi connectivity index (χ2n) is 4.57. The monoisotopic (exact) mass is 272 g/mol. The van der Waals surface area contributed by atoms with Gasteiger partial charge in [-0.2, -0.15) is 0 Å². The van der Waals surface area contributed by atoms with Crippen LogP contribution in [0.2, 0.25) is 0 Å². The third kappa shape index (κ3) is 2.47. The number of anilines is 1. The summed E-state index contributed by atoms with van der Waals surface area (Å²) in [4.78, 5) is 17.9. The zero-order valence-corrected chi connectivity index (χ0v) is 11.0. The number of amides is 1. The van der Waals surface area contributed by atoms with E-state index in [9.17, 15) is 4.79 Å². The SMILES string of the molecule is O=C1CC(Cl)CN1c1ccc(-c2ccccc2)nc1. The predicted octanol–water partition coefficient (Wildman–Crippen LogP) is 3.09. The lowest BCUT2D eigenvalue weighted by Gasteiger charge is -2.15. The molecule has 1 saturated heterocycles. The van der Waals surface area contributed by atoms with E-state index in [0.29, 0.717) is 13.0 Å². The number of carbonyl (C=O) groups is 1. The lowest BCUT2D eigenvalue weighted by molar-refractivity contribution is -0.117. The second kappa shape index (κ2) is 5.02. The van der Waals surface area contributed by atoms with Crippen LogP contribution in [0.3, 0.4) is 0 Å². The maximum absolute atomic E-state index is 11.8. The van der Waals surface area contributed by atoms with Crippen LogP contribution in [0.4, 0.5) is 5.69 Å². The van der Waals surface area contributed by atoms with Crippen molar-refractivity contribution in [2.75, 3.05) is 11.4 Å². The van der Waals surface area contributed by atoms with Crippen molar-refractivity contribution in [2.24, 2.45) is 0 Å². The summed E-state index contributed by atoms with van der Waals surface area (Å²) in [6.45, 7) is 0.562. The lowest BCUT2D eigenvalue weighted by atomic mass is 10.1. The Bertz CT molecular complexity index is 583. The number of carbonyl (C=O) groups excluding carboxylic acids is 1. The second-order valence-corrected chi connectivity index (χ2v) is 5.19. The standard InChI is InChI=1S/C15H13ClN2O/c16-12-8-15(19)18(10-12)13-6-7-14(17-9-13)11-4-2-1-3-5-11/h1-7,9,12H,8,10H2. The molecule has 19 heavy (non-hydrogen) atoms. The molecule has 1 aromatic heterocycles. The van der Waals surface area contributed by atoms with Crippen molar-refractivity contribution in [3.63, 3.8) is 0 Å². The number of pyridine rings is 1. The van der Waals surface area contributed by atoms with Crippen molar-refractivity contribution in [1.82, 2.24) is 4.98 Å². The van der Waals surface area contributed by atoms with E-state index in [4.69, 9.17) is 11.6 Å². The van der Waals surface area contributed by atoms with Crippen LogP contribution in [0.1, 0.15) is 6.42 Å². The number of hydrogen-bond donors (Lipinski definition) is 0. The fraction of sp³-hybridized carbons (Fsp3) is 0.200. The fourth-order valence-electron chi connectivity index (χ4n) is 2.24. The summed E-state index contributed by atoms with van der Waals surface area (Å²) in [5, 5.41) is -0.0960. The highest BCUT2D eigenvalue weighted by Gasteiger charge is 2.29. The number of rotatable bonds is 2. The van der Waals surface area contributed by atoms with Gasteiger partial charge in [-0.05, 0) is 12.1 Å². The molecule has 3 nitrogen and oxygen atoms in total. The summed E-state index contributed by atoms with van der Waals surface area (Å²) < 4.78 is 0. The van der Waals surface area contributed by atoms with Crippen LogP contribution in [-0.4, -0.2) is 22.8 Å². The average molecular weight is 273 g/mol. The van der Waals surface area contributed by atoms with E-state index in [1.807, 2.05) is 42.5 Å². The average Bonchev–Trinajstić information content (AvgIpc) is 2.79. The molecule has 0 radical (unpaired) electrons. The van der Waals surface area contributed by atoms with Gasteiger partial charge < -0.3 is 4.90 Å². The lowest BCUT2D eigenvalue weighted by Crippen LogP contribution is -2.24. The molecule has 1 fully saturated rings. The molecule has 2 aromatic rings. The molecular formula is C15H13ClN2O. The number of alkyl halides is 1. The van der Waals surface area contributed by atoms with Crippen molar-refractivity contribution in [2.45, 2.75) is 11.8 Å². The van der Waals surface area contributed by atoms with Gasteiger partial charge in [0, 0.05) is 18.5 Å². The summed E-state index contributed by atoms with van der Waals surface area (Å²) in [5.41, 5.74) is 2.78. The number of nitrogens with zero attached hydrogens (tertiary/aromatic N) is 2. The maximum Gasteiger partial charge on any atom is 0.228 e. The van der Waals surface area contributed by atoms with Crippen LogP contribution in [0.25, 0.3) is 11.3 Å². The largest absolute Gasteiger partial charge is 0.309 e. The topological polar surface area (TPSA) is 33.2 Å².